The van der Waals surface area contributed by atoms with Crippen LogP contribution < -0.4 is 0 Å². The van der Waals surface area contributed by atoms with E-state index >= 15 is 0 Å². The van der Waals surface area contributed by atoms with E-state index in [2.05, 4.69) is 6.58 Å². The first kappa shape index (κ1) is 16.1. The molecule has 0 aliphatic heterocycles. The molecule has 0 aromatic rings. The minimum absolute atomic E-state index is 0.0650. The van der Waals surface area contributed by atoms with E-state index in [0.717, 1.165) is 0 Å². The lowest BCUT2D eigenvalue weighted by Crippen LogP contribution is -2.31. The molecule has 5 nitrogen and oxygen atoms in total. The molecule has 2 unspecified atom stereocenters. The average Bonchev–Trinajstić information content (AvgIpc) is 2.11. The Morgan fingerprint density at radius 3 is 2.12 bits per heavy atom. The fraction of sp³-hybridized carbons (Fsp3) is 0.727. The second kappa shape index (κ2) is 6.16. The molecule has 0 rings (SSSR count). The van der Waals surface area contributed by atoms with Gasteiger partial charge in [0, 0.05) is 12.0 Å². The second-order valence-corrected chi connectivity index (χ2v) is 6.16. The van der Waals surface area contributed by atoms with Gasteiger partial charge in [-0.15, -0.1) is 0 Å². The van der Waals surface area contributed by atoms with E-state index in [0.29, 0.717) is 0 Å². The van der Waals surface area contributed by atoms with Crippen LogP contribution in [0.15, 0.2) is 12.2 Å². The quantitative estimate of drug-likeness (QED) is 0.449. The van der Waals surface area contributed by atoms with Crippen molar-refractivity contribution < 1.29 is 22.5 Å². The van der Waals surface area contributed by atoms with Crippen LogP contribution >= 0.6 is 0 Å². The number of carbonyl (C=O) groups is 1. The first-order valence-corrected chi connectivity index (χ1v) is 6.88. The number of ether oxygens (including phenoxy) is 1. The molecule has 0 saturated heterocycles. The van der Waals surface area contributed by atoms with E-state index in [1.165, 1.54) is 6.92 Å². The van der Waals surface area contributed by atoms with Gasteiger partial charge < -0.3 is 4.74 Å². The van der Waals surface area contributed by atoms with E-state index in [4.69, 9.17) is 9.29 Å². The number of hydrogen-bond donors (Lipinski definition) is 1. The van der Waals surface area contributed by atoms with E-state index in [-0.39, 0.29) is 17.9 Å². The smallest absolute Gasteiger partial charge is 0.333 e. The van der Waals surface area contributed by atoms with Gasteiger partial charge >= 0.3 is 5.97 Å². The van der Waals surface area contributed by atoms with Crippen LogP contribution in [0, 0.1) is 5.92 Å². The molecule has 6 heteroatoms. The second-order valence-electron chi connectivity index (χ2n) is 4.53. The molecule has 1 N–H and O–H groups in total. The summed E-state index contributed by atoms with van der Waals surface area (Å²) < 4.78 is 36.3. The Morgan fingerprint density at radius 1 is 1.35 bits per heavy atom. The van der Waals surface area contributed by atoms with Gasteiger partial charge in [0.1, 0.15) is 6.10 Å². The van der Waals surface area contributed by atoms with Gasteiger partial charge in [0.15, 0.2) is 0 Å². The van der Waals surface area contributed by atoms with Gasteiger partial charge in [-0.05, 0) is 19.8 Å². The predicted octanol–water partition coefficient (Wildman–Crippen LogP) is 1.80. The molecule has 0 aliphatic rings. The highest BCUT2D eigenvalue weighted by molar-refractivity contribution is 7.86. The highest BCUT2D eigenvalue weighted by atomic mass is 32.2. The fourth-order valence-corrected chi connectivity index (χ4v) is 2.60. The molecular weight excluding hydrogens is 244 g/mol. The minimum atomic E-state index is -4.13. The van der Waals surface area contributed by atoms with Crippen LogP contribution in [0.1, 0.15) is 34.1 Å². The highest BCUT2D eigenvalue weighted by Gasteiger charge is 2.29. The molecule has 0 heterocycles. The summed E-state index contributed by atoms with van der Waals surface area (Å²) in [5, 5.41) is -0.935. The van der Waals surface area contributed by atoms with Gasteiger partial charge in [0.05, 0.1) is 5.25 Å². The van der Waals surface area contributed by atoms with E-state index in [1.807, 2.05) is 0 Å². The zero-order valence-electron chi connectivity index (χ0n) is 10.6. The van der Waals surface area contributed by atoms with Crippen LogP contribution in [0.25, 0.3) is 0 Å². The normalized spacial score (nSPS) is 15.4. The Labute approximate surface area is 103 Å². The molecule has 0 bridgehead atoms. The number of hydrogen-bond acceptors (Lipinski definition) is 4. The largest absolute Gasteiger partial charge is 0.459 e. The van der Waals surface area contributed by atoms with Crippen molar-refractivity contribution in [2.24, 2.45) is 5.92 Å². The van der Waals surface area contributed by atoms with Crippen molar-refractivity contribution in [3.05, 3.63) is 12.2 Å². The summed E-state index contributed by atoms with van der Waals surface area (Å²) in [6.45, 7) is 9.90. The van der Waals surface area contributed by atoms with Crippen molar-refractivity contribution in [2.45, 2.75) is 45.5 Å². The molecule has 100 valence electrons. The molecule has 0 spiro atoms. The van der Waals surface area contributed by atoms with Gasteiger partial charge in [0.25, 0.3) is 10.1 Å². The Balaban J connectivity index is 4.59. The fourth-order valence-electron chi connectivity index (χ4n) is 1.40. The maximum atomic E-state index is 11.2. The monoisotopic (exact) mass is 264 g/mol. The molecule has 17 heavy (non-hydrogen) atoms. The third-order valence-corrected chi connectivity index (χ3v) is 3.85. The van der Waals surface area contributed by atoms with Crippen LogP contribution in [0.2, 0.25) is 0 Å². The zero-order chi connectivity index (χ0) is 13.8. The maximum Gasteiger partial charge on any atom is 0.333 e. The summed E-state index contributed by atoms with van der Waals surface area (Å²) >= 11 is 0. The maximum absolute atomic E-state index is 11.2. The lowest BCUT2D eigenvalue weighted by molar-refractivity contribution is -0.143. The van der Waals surface area contributed by atoms with E-state index in [9.17, 15) is 13.2 Å². The highest BCUT2D eigenvalue weighted by Crippen LogP contribution is 2.18. The predicted molar refractivity (Wildman–Crippen MR) is 65.2 cm³/mol. The van der Waals surface area contributed by atoms with Crippen molar-refractivity contribution in [1.29, 1.82) is 0 Å². The van der Waals surface area contributed by atoms with Crippen LogP contribution in [0.4, 0.5) is 0 Å². The van der Waals surface area contributed by atoms with Gasteiger partial charge in [-0.1, -0.05) is 20.4 Å². The summed E-state index contributed by atoms with van der Waals surface area (Å²) in [5.74, 6) is -0.814. The summed E-state index contributed by atoms with van der Waals surface area (Å²) in [6.07, 6.45) is -0.524. The van der Waals surface area contributed by atoms with E-state index in [1.54, 1.807) is 20.8 Å². The van der Waals surface area contributed by atoms with Gasteiger partial charge in [-0.3, -0.25) is 4.55 Å². The van der Waals surface area contributed by atoms with Crippen molar-refractivity contribution in [2.75, 3.05) is 0 Å². The molecule has 0 aromatic heterocycles. The Hall–Kier alpha value is -0.880. The average molecular weight is 264 g/mol. The summed E-state index contributed by atoms with van der Waals surface area (Å²) in [5.41, 5.74) is 0.254. The lowest BCUT2D eigenvalue weighted by atomic mass is 10.0. The van der Waals surface area contributed by atoms with Crippen LogP contribution in [0.5, 0.6) is 0 Å². The molecule has 0 aliphatic carbocycles. The van der Waals surface area contributed by atoms with Gasteiger partial charge in [0.2, 0.25) is 0 Å². The summed E-state index contributed by atoms with van der Waals surface area (Å²) in [7, 11) is -4.13. The first-order valence-electron chi connectivity index (χ1n) is 5.38. The van der Waals surface area contributed by atoms with Crippen molar-refractivity contribution in [3.8, 4) is 0 Å². The molecule has 0 fully saturated rings. The molecule has 0 amide bonds. The molecule has 0 aromatic carbocycles. The third kappa shape index (κ3) is 5.83. The standard InChI is InChI=1S/C11H20O5S/c1-7(2)10(17(13,14)15)6-9(5)16-11(12)8(3)4/h7,9-10H,3,6H2,1-2,4-5H3,(H,13,14,15). The van der Waals surface area contributed by atoms with Gasteiger partial charge in [-0.25, -0.2) is 4.79 Å². The lowest BCUT2D eigenvalue weighted by Gasteiger charge is -2.21. The topological polar surface area (TPSA) is 80.7 Å². The molecule has 0 radical (unpaired) electrons. The van der Waals surface area contributed by atoms with Crippen LogP contribution in [-0.4, -0.2) is 30.3 Å². The first-order chi connectivity index (χ1) is 7.55. The van der Waals surface area contributed by atoms with Crippen molar-refractivity contribution in [1.82, 2.24) is 0 Å². The van der Waals surface area contributed by atoms with Crippen LogP contribution in [0.3, 0.4) is 0 Å². The molecule has 2 atom stereocenters. The summed E-state index contributed by atoms with van der Waals surface area (Å²) in [6, 6.07) is 0. The summed E-state index contributed by atoms with van der Waals surface area (Å²) in [4.78, 5) is 11.2. The SMILES string of the molecule is C=C(C)C(=O)OC(C)CC(C(C)C)S(=O)(=O)O. The van der Waals surface area contributed by atoms with Crippen molar-refractivity contribution >= 4 is 16.1 Å². The number of esters is 1. The Bertz CT molecular complexity index is 383. The zero-order valence-corrected chi connectivity index (χ0v) is 11.5. The Morgan fingerprint density at radius 2 is 1.82 bits per heavy atom. The van der Waals surface area contributed by atoms with E-state index < -0.39 is 27.4 Å². The Kier molecular flexibility index (Phi) is 5.84. The number of carbonyl (C=O) groups excluding carboxylic acids is 1. The minimum Gasteiger partial charge on any atom is -0.459 e. The van der Waals surface area contributed by atoms with Crippen molar-refractivity contribution in [3.63, 3.8) is 0 Å². The van der Waals surface area contributed by atoms with Crippen LogP contribution in [-0.2, 0) is 19.6 Å². The van der Waals surface area contributed by atoms with Gasteiger partial charge in [-0.2, -0.15) is 8.42 Å². The third-order valence-electron chi connectivity index (χ3n) is 2.35. The molecule has 0 saturated carbocycles. The molecular formula is C11H20O5S. The number of rotatable bonds is 6.